The van der Waals surface area contributed by atoms with Crippen molar-refractivity contribution in [1.29, 1.82) is 0 Å². The molecule has 5 aromatic rings. The van der Waals surface area contributed by atoms with Crippen LogP contribution in [0.15, 0.2) is 109 Å². The number of carbonyl (C=O) groups is 2. The molecule has 0 bridgehead atoms. The Kier molecular flexibility index (Phi) is 9.81. The lowest BCUT2D eigenvalue weighted by Gasteiger charge is -2.38. The minimum atomic E-state index is -1.20. The first-order valence-electron chi connectivity index (χ1n) is 19.4. The van der Waals surface area contributed by atoms with Crippen LogP contribution < -0.4 is 14.5 Å². The van der Waals surface area contributed by atoms with Crippen LogP contribution in [0.2, 0.25) is 0 Å². The Morgan fingerprint density at radius 1 is 0.945 bits per heavy atom. The van der Waals surface area contributed by atoms with Gasteiger partial charge in [0, 0.05) is 42.6 Å². The van der Waals surface area contributed by atoms with E-state index in [1.54, 1.807) is 18.0 Å². The molecular formula is C45H49N5O5. The average Bonchev–Trinajstić information content (AvgIpc) is 3.88. The zero-order valence-electron chi connectivity index (χ0n) is 32.0. The number of carbonyl (C=O) groups excluding carboxylic acids is 2. The van der Waals surface area contributed by atoms with Crippen LogP contribution in [0.3, 0.4) is 0 Å². The van der Waals surface area contributed by atoms with E-state index >= 15 is 4.79 Å². The molecule has 55 heavy (non-hydrogen) atoms. The first kappa shape index (κ1) is 36.6. The van der Waals surface area contributed by atoms with Gasteiger partial charge in [-0.3, -0.25) is 14.3 Å². The van der Waals surface area contributed by atoms with Gasteiger partial charge >= 0.3 is 0 Å². The molecule has 8 rings (SSSR count). The number of methoxy groups -OCH3 is 1. The molecule has 3 aliphatic rings. The quantitative estimate of drug-likeness (QED) is 0.151. The number of ether oxygens (including phenoxy) is 2. The molecule has 2 fully saturated rings. The Labute approximate surface area is 322 Å². The molecule has 0 saturated carbocycles. The fourth-order valence-corrected chi connectivity index (χ4v) is 9.35. The molecule has 2 saturated heterocycles. The highest BCUT2D eigenvalue weighted by atomic mass is 16.5. The summed E-state index contributed by atoms with van der Waals surface area (Å²) in [7, 11) is 1.67. The summed E-state index contributed by atoms with van der Waals surface area (Å²) in [5.74, 6) is 0.606. The monoisotopic (exact) mass is 739 g/mol. The fraction of sp³-hybridized carbons (Fsp3) is 0.378. The summed E-state index contributed by atoms with van der Waals surface area (Å²) >= 11 is 0. The van der Waals surface area contributed by atoms with Crippen molar-refractivity contribution in [2.75, 3.05) is 23.5 Å². The van der Waals surface area contributed by atoms with E-state index in [9.17, 15) is 9.90 Å². The molecule has 5 atom stereocenters. The number of rotatable bonds is 11. The summed E-state index contributed by atoms with van der Waals surface area (Å²) in [6.45, 7) is 8.26. The number of para-hydroxylation sites is 1. The third kappa shape index (κ3) is 6.51. The van der Waals surface area contributed by atoms with Crippen molar-refractivity contribution < 1.29 is 24.2 Å². The van der Waals surface area contributed by atoms with Gasteiger partial charge in [-0.05, 0) is 71.7 Å². The first-order valence-corrected chi connectivity index (χ1v) is 19.4. The summed E-state index contributed by atoms with van der Waals surface area (Å²) in [6, 6.07) is 33.7. The second-order valence-corrected chi connectivity index (χ2v) is 15.7. The van der Waals surface area contributed by atoms with Crippen LogP contribution >= 0.6 is 0 Å². The van der Waals surface area contributed by atoms with Crippen molar-refractivity contribution in [3.05, 3.63) is 137 Å². The fourth-order valence-electron chi connectivity index (χ4n) is 9.35. The van der Waals surface area contributed by atoms with Crippen LogP contribution in [0.5, 0.6) is 5.75 Å². The van der Waals surface area contributed by atoms with Gasteiger partial charge in [0.2, 0.25) is 5.91 Å². The second-order valence-electron chi connectivity index (χ2n) is 15.7. The lowest BCUT2D eigenvalue weighted by Crippen LogP contribution is -2.45. The number of amides is 2. The number of aromatic nitrogens is 3. The molecule has 10 nitrogen and oxygen atoms in total. The molecule has 1 aromatic heterocycles. The maximum atomic E-state index is 15.2. The number of piperidine rings is 1. The van der Waals surface area contributed by atoms with Crippen LogP contribution in [0.25, 0.3) is 0 Å². The Morgan fingerprint density at radius 3 is 2.40 bits per heavy atom. The first-order chi connectivity index (χ1) is 26.6. The normalized spacial score (nSPS) is 23.0. The van der Waals surface area contributed by atoms with Gasteiger partial charge in [-0.1, -0.05) is 98.8 Å². The van der Waals surface area contributed by atoms with Crippen molar-refractivity contribution in [2.24, 2.45) is 11.8 Å². The molecule has 4 heterocycles. The van der Waals surface area contributed by atoms with Gasteiger partial charge in [-0.25, -0.2) is 0 Å². The summed E-state index contributed by atoms with van der Waals surface area (Å²) in [6.07, 6.45) is 3.68. The molecule has 3 aliphatic heterocycles. The molecule has 1 spiro atoms. The van der Waals surface area contributed by atoms with E-state index in [0.29, 0.717) is 31.6 Å². The van der Waals surface area contributed by atoms with E-state index in [1.807, 2.05) is 101 Å². The highest BCUT2D eigenvalue weighted by Gasteiger charge is 2.65. The molecule has 2 amide bonds. The predicted octanol–water partition coefficient (Wildman–Crippen LogP) is 7.35. The molecule has 0 radical (unpaired) electrons. The Hall–Kier alpha value is -5.32. The van der Waals surface area contributed by atoms with Crippen LogP contribution in [-0.2, 0) is 38.4 Å². The summed E-state index contributed by atoms with van der Waals surface area (Å²) in [5.41, 5.74) is 4.37. The van der Waals surface area contributed by atoms with Crippen LogP contribution in [0, 0.1) is 11.8 Å². The number of hydrogen-bond acceptors (Lipinski definition) is 7. The van der Waals surface area contributed by atoms with Crippen molar-refractivity contribution in [2.45, 2.75) is 82.8 Å². The van der Waals surface area contributed by atoms with Crippen LogP contribution in [0.1, 0.15) is 80.5 Å². The molecule has 0 aliphatic carbocycles. The molecular weight excluding hydrogens is 691 g/mol. The Bertz CT molecular complexity index is 2150. The number of hydrogen-bond donors (Lipinski definition) is 1. The van der Waals surface area contributed by atoms with Gasteiger partial charge in [-0.2, -0.15) is 0 Å². The molecule has 10 heteroatoms. The van der Waals surface area contributed by atoms with Crippen LogP contribution in [0.4, 0.5) is 11.4 Å². The summed E-state index contributed by atoms with van der Waals surface area (Å²) in [5, 5.41) is 19.7. The minimum Gasteiger partial charge on any atom is -0.497 e. The van der Waals surface area contributed by atoms with E-state index in [1.165, 1.54) is 0 Å². The third-order valence-electron chi connectivity index (χ3n) is 12.2. The predicted molar refractivity (Wildman–Crippen MR) is 211 cm³/mol. The lowest BCUT2D eigenvalue weighted by atomic mass is 9.63. The third-order valence-corrected chi connectivity index (χ3v) is 12.2. The minimum absolute atomic E-state index is 0.0662. The molecule has 4 aromatic carbocycles. The van der Waals surface area contributed by atoms with Gasteiger partial charge in [0.15, 0.2) is 5.60 Å². The van der Waals surface area contributed by atoms with Crippen molar-refractivity contribution in [3.8, 4) is 5.75 Å². The van der Waals surface area contributed by atoms with E-state index in [2.05, 4.69) is 43.2 Å². The summed E-state index contributed by atoms with van der Waals surface area (Å²) < 4.78 is 14.5. The molecule has 284 valence electrons. The van der Waals surface area contributed by atoms with Gasteiger partial charge in [0.25, 0.3) is 5.91 Å². The standard InChI is InChI=1S/C45H49N5O5/c1-30-41(44(2,3)33-19-23-35(54-4)24-20-33)39(25-27-48-29-37(46-47-48)42(52)32-12-6-5-7-13-32)55-45(30)36-14-8-9-15-38(36)50(43(45)53)28-31-17-21-34(22-18-31)49-26-11-10-16-40(49)51/h5-9,12-15,17-24,29-30,39,41-42,52H,10-11,16,25-28H2,1-4H3/t30-,39+,41-,42+,45+/m0/s1. The van der Waals surface area contributed by atoms with Gasteiger partial charge in [0.05, 0.1) is 31.6 Å². The number of nitrogens with zero attached hydrogens (tertiary/aromatic N) is 5. The number of fused-ring (bicyclic) bond motifs is 2. The largest absolute Gasteiger partial charge is 0.497 e. The summed E-state index contributed by atoms with van der Waals surface area (Å²) in [4.78, 5) is 31.5. The Morgan fingerprint density at radius 2 is 1.67 bits per heavy atom. The molecule has 1 N–H and O–H groups in total. The van der Waals surface area contributed by atoms with E-state index in [4.69, 9.17) is 9.47 Å². The van der Waals surface area contributed by atoms with Gasteiger partial charge in [-0.15, -0.1) is 5.10 Å². The van der Waals surface area contributed by atoms with E-state index < -0.39 is 17.1 Å². The lowest BCUT2D eigenvalue weighted by molar-refractivity contribution is -0.146. The van der Waals surface area contributed by atoms with Crippen molar-refractivity contribution in [1.82, 2.24) is 15.0 Å². The SMILES string of the molecule is COc1ccc(C(C)(C)[C@@H]2[C@@H](CCn3cc([C@H](O)c4ccccc4)nn3)O[C@]3(C(=O)N(Cc4ccc(N5CCCCC5=O)cc4)c4ccccc43)[C@H]2C)cc1. The maximum Gasteiger partial charge on any atom is 0.264 e. The smallest absolute Gasteiger partial charge is 0.264 e. The average molecular weight is 740 g/mol. The number of benzene rings is 4. The maximum absolute atomic E-state index is 15.2. The second kappa shape index (κ2) is 14.7. The van der Waals surface area contributed by atoms with Gasteiger partial charge < -0.3 is 24.4 Å². The number of anilines is 2. The van der Waals surface area contributed by atoms with E-state index in [-0.39, 0.29) is 29.8 Å². The molecule has 0 unspecified atom stereocenters. The van der Waals surface area contributed by atoms with E-state index in [0.717, 1.165) is 58.8 Å². The number of aliphatic hydroxyl groups is 1. The van der Waals surface area contributed by atoms with Gasteiger partial charge in [0.1, 0.15) is 17.5 Å². The number of aryl methyl sites for hydroxylation is 1. The highest BCUT2D eigenvalue weighted by Crippen LogP contribution is 2.60. The highest BCUT2D eigenvalue weighted by molar-refractivity contribution is 6.07. The number of aliphatic hydroxyl groups excluding tert-OH is 1. The van der Waals surface area contributed by atoms with Crippen molar-refractivity contribution in [3.63, 3.8) is 0 Å². The zero-order valence-corrected chi connectivity index (χ0v) is 32.0. The van der Waals surface area contributed by atoms with Crippen molar-refractivity contribution >= 4 is 23.2 Å². The Balaban J connectivity index is 1.11. The topological polar surface area (TPSA) is 110 Å². The zero-order chi connectivity index (χ0) is 38.3. The van der Waals surface area contributed by atoms with Crippen LogP contribution in [-0.4, -0.2) is 51.7 Å².